The molecule has 0 saturated heterocycles. The maximum atomic E-state index is 12.2. The monoisotopic (exact) mass is 202 g/mol. The zero-order valence-corrected chi connectivity index (χ0v) is 9.26. The van der Waals surface area contributed by atoms with Crippen molar-refractivity contribution in [3.8, 4) is 5.75 Å². The highest BCUT2D eigenvalue weighted by molar-refractivity contribution is 6.07. The summed E-state index contributed by atoms with van der Waals surface area (Å²) in [6.07, 6.45) is 0.840. The van der Waals surface area contributed by atoms with Gasteiger partial charge in [0.1, 0.15) is 11.4 Å². The van der Waals surface area contributed by atoms with Gasteiger partial charge in [-0.05, 0) is 38.5 Å². The van der Waals surface area contributed by atoms with Gasteiger partial charge in [-0.25, -0.2) is 0 Å². The van der Waals surface area contributed by atoms with Gasteiger partial charge < -0.3 is 4.74 Å². The molecule has 1 saturated carbocycles. The number of ether oxygens (including phenoxy) is 1. The summed E-state index contributed by atoms with van der Waals surface area (Å²) in [7, 11) is 0. The van der Waals surface area contributed by atoms with Crippen molar-refractivity contribution in [2.24, 2.45) is 5.41 Å². The summed E-state index contributed by atoms with van der Waals surface area (Å²) in [6.45, 7) is 6.03. The van der Waals surface area contributed by atoms with Crippen molar-refractivity contribution in [3.05, 3.63) is 29.3 Å². The second-order valence-corrected chi connectivity index (χ2v) is 5.17. The highest BCUT2D eigenvalue weighted by Crippen LogP contribution is 2.63. The molecule has 1 aliphatic carbocycles. The van der Waals surface area contributed by atoms with Crippen LogP contribution in [-0.2, 0) is 0 Å². The second kappa shape index (κ2) is 2.26. The average Bonchev–Trinajstić information content (AvgIpc) is 2.69. The zero-order valence-electron chi connectivity index (χ0n) is 9.26. The van der Waals surface area contributed by atoms with E-state index < -0.39 is 0 Å². The van der Waals surface area contributed by atoms with Crippen LogP contribution in [0, 0.1) is 12.3 Å². The SMILES string of the molecule is Cc1ccc2c(c1)OC1(C)CC1(C)C2=O. The van der Waals surface area contributed by atoms with Gasteiger partial charge in [-0.1, -0.05) is 6.07 Å². The van der Waals surface area contributed by atoms with Crippen molar-refractivity contribution in [3.63, 3.8) is 0 Å². The molecule has 1 fully saturated rings. The molecule has 2 nitrogen and oxygen atoms in total. The Kier molecular flexibility index (Phi) is 1.35. The lowest BCUT2D eigenvalue weighted by Crippen LogP contribution is -2.33. The lowest BCUT2D eigenvalue weighted by atomic mass is 9.90. The molecule has 0 spiro atoms. The third-order valence-electron chi connectivity index (χ3n) is 3.95. The van der Waals surface area contributed by atoms with Gasteiger partial charge in [-0.15, -0.1) is 0 Å². The maximum Gasteiger partial charge on any atom is 0.176 e. The zero-order chi connectivity index (χ0) is 10.8. The van der Waals surface area contributed by atoms with Crippen LogP contribution in [0.25, 0.3) is 0 Å². The Morgan fingerprint density at radius 1 is 1.33 bits per heavy atom. The first-order valence-corrected chi connectivity index (χ1v) is 5.31. The van der Waals surface area contributed by atoms with E-state index in [9.17, 15) is 4.79 Å². The highest BCUT2D eigenvalue weighted by atomic mass is 16.5. The average molecular weight is 202 g/mol. The van der Waals surface area contributed by atoms with E-state index in [1.165, 1.54) is 0 Å². The highest BCUT2D eigenvalue weighted by Gasteiger charge is 2.70. The van der Waals surface area contributed by atoms with Crippen LogP contribution in [0.15, 0.2) is 18.2 Å². The number of hydrogen-bond acceptors (Lipinski definition) is 2. The van der Waals surface area contributed by atoms with Crippen LogP contribution in [0.5, 0.6) is 5.75 Å². The predicted molar refractivity (Wildman–Crippen MR) is 57.3 cm³/mol. The van der Waals surface area contributed by atoms with E-state index >= 15 is 0 Å². The molecule has 2 heteroatoms. The Bertz CT molecular complexity index is 477. The Hall–Kier alpha value is -1.31. The van der Waals surface area contributed by atoms with Crippen molar-refractivity contribution in [1.29, 1.82) is 0 Å². The maximum absolute atomic E-state index is 12.2. The predicted octanol–water partition coefficient (Wildman–Crippen LogP) is 2.74. The van der Waals surface area contributed by atoms with Gasteiger partial charge in [-0.3, -0.25) is 4.79 Å². The Morgan fingerprint density at radius 2 is 2.07 bits per heavy atom. The van der Waals surface area contributed by atoms with Crippen LogP contribution >= 0.6 is 0 Å². The second-order valence-electron chi connectivity index (χ2n) is 5.17. The van der Waals surface area contributed by atoms with Crippen LogP contribution in [-0.4, -0.2) is 11.4 Å². The van der Waals surface area contributed by atoms with Gasteiger partial charge in [-0.2, -0.15) is 0 Å². The van der Waals surface area contributed by atoms with Crippen LogP contribution in [0.2, 0.25) is 0 Å². The minimum absolute atomic E-state index is 0.242. The standard InChI is InChI=1S/C13H14O2/c1-8-4-5-9-10(6-8)15-13(3)7-12(13,2)11(9)14/h4-6H,7H2,1-3H3. The van der Waals surface area contributed by atoms with E-state index in [0.717, 1.165) is 23.3 Å². The Morgan fingerprint density at radius 3 is 2.80 bits per heavy atom. The van der Waals surface area contributed by atoms with Crippen LogP contribution < -0.4 is 4.74 Å². The topological polar surface area (TPSA) is 26.3 Å². The number of benzene rings is 1. The first-order valence-electron chi connectivity index (χ1n) is 5.31. The van der Waals surface area contributed by atoms with Crippen molar-refractivity contribution in [2.75, 3.05) is 0 Å². The number of rotatable bonds is 0. The van der Waals surface area contributed by atoms with Gasteiger partial charge in [0.15, 0.2) is 5.78 Å². The summed E-state index contributed by atoms with van der Waals surface area (Å²) in [5, 5.41) is 0. The molecule has 0 aromatic heterocycles. The van der Waals surface area contributed by atoms with Gasteiger partial charge in [0.25, 0.3) is 0 Å². The molecule has 1 aliphatic heterocycles. The molecule has 0 bridgehead atoms. The van der Waals surface area contributed by atoms with Crippen molar-refractivity contribution < 1.29 is 9.53 Å². The van der Waals surface area contributed by atoms with E-state index in [0.29, 0.717) is 0 Å². The summed E-state index contributed by atoms with van der Waals surface area (Å²) >= 11 is 0. The molecule has 1 aromatic carbocycles. The molecule has 2 aliphatic rings. The van der Waals surface area contributed by atoms with Crippen molar-refractivity contribution in [1.82, 2.24) is 0 Å². The van der Waals surface area contributed by atoms with E-state index in [4.69, 9.17) is 4.74 Å². The molecule has 3 rings (SSSR count). The van der Waals surface area contributed by atoms with Gasteiger partial charge in [0.05, 0.1) is 11.0 Å². The summed E-state index contributed by atoms with van der Waals surface area (Å²) in [5.41, 5.74) is 1.34. The van der Waals surface area contributed by atoms with E-state index in [1.807, 2.05) is 39.0 Å². The normalized spacial score (nSPS) is 36.6. The summed E-state index contributed by atoms with van der Waals surface area (Å²) in [6, 6.07) is 5.81. The Balaban J connectivity index is 2.19. The van der Waals surface area contributed by atoms with E-state index in [-0.39, 0.29) is 16.8 Å². The first kappa shape index (κ1) is 8.96. The lowest BCUT2D eigenvalue weighted by Gasteiger charge is -2.27. The molecule has 15 heavy (non-hydrogen) atoms. The fourth-order valence-corrected chi connectivity index (χ4v) is 2.54. The molecule has 1 heterocycles. The molecular weight excluding hydrogens is 188 g/mol. The van der Waals surface area contributed by atoms with Crippen LogP contribution in [0.4, 0.5) is 0 Å². The minimum atomic E-state index is -0.282. The smallest absolute Gasteiger partial charge is 0.176 e. The third kappa shape index (κ3) is 0.921. The van der Waals surface area contributed by atoms with E-state index in [1.54, 1.807) is 0 Å². The molecule has 0 amide bonds. The molecule has 0 N–H and O–H groups in total. The fraction of sp³-hybridized carbons (Fsp3) is 0.462. The van der Waals surface area contributed by atoms with Crippen LogP contribution in [0.1, 0.15) is 36.2 Å². The summed E-state index contributed by atoms with van der Waals surface area (Å²) < 4.78 is 5.93. The molecule has 0 radical (unpaired) electrons. The molecule has 78 valence electrons. The van der Waals surface area contributed by atoms with Crippen LogP contribution in [0.3, 0.4) is 0 Å². The number of ketones is 1. The lowest BCUT2D eigenvalue weighted by molar-refractivity contribution is 0.0729. The van der Waals surface area contributed by atoms with Crippen molar-refractivity contribution in [2.45, 2.75) is 32.8 Å². The van der Waals surface area contributed by atoms with Crippen molar-refractivity contribution >= 4 is 5.78 Å². The van der Waals surface area contributed by atoms with E-state index in [2.05, 4.69) is 0 Å². The first-order chi connectivity index (χ1) is 6.96. The minimum Gasteiger partial charge on any atom is -0.486 e. The Labute approximate surface area is 89.2 Å². The van der Waals surface area contributed by atoms with Gasteiger partial charge in [0, 0.05) is 6.42 Å². The summed E-state index contributed by atoms with van der Waals surface area (Å²) in [5.74, 6) is 1.00. The molecule has 1 aromatic rings. The number of Topliss-reactive ketones (excluding diaryl/α,β-unsaturated/α-hetero) is 1. The number of carbonyl (C=O) groups is 1. The molecular formula is C13H14O2. The number of aryl methyl sites for hydroxylation is 1. The number of hydrogen-bond donors (Lipinski definition) is 0. The third-order valence-corrected chi connectivity index (χ3v) is 3.95. The van der Waals surface area contributed by atoms with Gasteiger partial charge >= 0.3 is 0 Å². The number of fused-ring (bicyclic) bond motifs is 2. The molecule has 2 atom stereocenters. The fourth-order valence-electron chi connectivity index (χ4n) is 2.54. The molecule has 2 unspecified atom stereocenters. The number of carbonyl (C=O) groups excluding carboxylic acids is 1. The largest absolute Gasteiger partial charge is 0.486 e. The van der Waals surface area contributed by atoms with Gasteiger partial charge in [0.2, 0.25) is 0 Å². The summed E-state index contributed by atoms with van der Waals surface area (Å²) in [4.78, 5) is 12.2. The quantitative estimate of drug-likeness (QED) is 0.646.